The van der Waals surface area contributed by atoms with Crippen LogP contribution in [0.3, 0.4) is 0 Å². The summed E-state index contributed by atoms with van der Waals surface area (Å²) in [7, 11) is 1.84. The van der Waals surface area contributed by atoms with Gasteiger partial charge in [-0.25, -0.2) is 0 Å². The van der Waals surface area contributed by atoms with E-state index in [-0.39, 0.29) is 29.9 Å². The highest BCUT2D eigenvalue weighted by Gasteiger charge is 2.29. The Morgan fingerprint density at radius 1 is 1.20 bits per heavy atom. The molecule has 2 fully saturated rings. The van der Waals surface area contributed by atoms with Gasteiger partial charge in [0.1, 0.15) is 0 Å². The van der Waals surface area contributed by atoms with Crippen LogP contribution in [-0.2, 0) is 4.79 Å². The normalized spacial score (nSPS) is 21.5. The minimum absolute atomic E-state index is 0. The molecule has 0 bridgehead atoms. The van der Waals surface area contributed by atoms with Crippen LogP contribution in [0, 0.1) is 11.8 Å². The van der Waals surface area contributed by atoms with E-state index in [1.165, 1.54) is 32.1 Å². The second-order valence-corrected chi connectivity index (χ2v) is 7.34. The molecule has 1 heterocycles. The molecule has 1 saturated carbocycles. The smallest absolute Gasteiger partial charge is 0.221 e. The van der Waals surface area contributed by atoms with Crippen molar-refractivity contribution in [3.05, 3.63) is 0 Å². The van der Waals surface area contributed by atoms with Gasteiger partial charge in [-0.15, -0.1) is 24.0 Å². The molecule has 1 amide bonds. The third kappa shape index (κ3) is 6.94. The number of guanidine groups is 1. The molecule has 1 saturated heterocycles. The molecule has 2 N–H and O–H groups in total. The van der Waals surface area contributed by atoms with Crippen LogP contribution in [0.2, 0.25) is 0 Å². The summed E-state index contributed by atoms with van der Waals surface area (Å²) in [5.41, 5.74) is 0. The third-order valence-corrected chi connectivity index (χ3v) is 5.81. The molecular formula is C19H37IN4O. The zero-order chi connectivity index (χ0) is 17.4. The average Bonchev–Trinajstić information content (AvgIpc) is 3.25. The molecule has 6 heteroatoms. The lowest BCUT2D eigenvalue weighted by Gasteiger charge is -2.24. The number of amides is 1. The maximum atomic E-state index is 12.0. The largest absolute Gasteiger partial charge is 0.356 e. The van der Waals surface area contributed by atoms with Crippen molar-refractivity contribution in [2.45, 2.75) is 71.3 Å². The van der Waals surface area contributed by atoms with E-state index in [2.05, 4.69) is 34.4 Å². The SMILES string of the molecule is CCC(CC)C1CCN(C(=NC)NCCC(=O)NC2CCCC2)C1.I. The highest BCUT2D eigenvalue weighted by Crippen LogP contribution is 2.28. The van der Waals surface area contributed by atoms with E-state index in [9.17, 15) is 4.79 Å². The fourth-order valence-corrected chi connectivity index (χ4v) is 4.31. The van der Waals surface area contributed by atoms with Crippen molar-refractivity contribution in [1.82, 2.24) is 15.5 Å². The summed E-state index contributed by atoms with van der Waals surface area (Å²) >= 11 is 0. The van der Waals surface area contributed by atoms with Gasteiger partial charge in [-0.1, -0.05) is 39.5 Å². The van der Waals surface area contributed by atoms with Crippen molar-refractivity contribution in [3.63, 3.8) is 0 Å². The predicted octanol–water partition coefficient (Wildman–Crippen LogP) is 3.39. The summed E-state index contributed by atoms with van der Waals surface area (Å²) in [6, 6.07) is 0.413. The second-order valence-electron chi connectivity index (χ2n) is 7.34. The lowest BCUT2D eigenvalue weighted by Crippen LogP contribution is -2.42. The molecule has 1 atom stereocenters. The first-order valence-electron chi connectivity index (χ1n) is 9.92. The Hall–Kier alpha value is -0.530. The standard InChI is InChI=1S/C19H36N4O.HI/c1-4-15(5-2)16-11-13-23(14-16)19(20-3)21-12-10-18(24)22-17-8-6-7-9-17;/h15-17H,4-14H2,1-3H3,(H,20,21)(H,22,24);1H. The number of hydrogen-bond donors (Lipinski definition) is 2. The number of nitrogens with one attached hydrogen (secondary N) is 2. The second kappa shape index (κ2) is 12.0. The van der Waals surface area contributed by atoms with Crippen molar-refractivity contribution in [2.24, 2.45) is 16.8 Å². The monoisotopic (exact) mass is 464 g/mol. The van der Waals surface area contributed by atoms with E-state index < -0.39 is 0 Å². The molecule has 2 rings (SSSR count). The molecule has 0 aromatic heterocycles. The van der Waals surface area contributed by atoms with Crippen LogP contribution in [0.5, 0.6) is 0 Å². The van der Waals surface area contributed by atoms with Crippen LogP contribution in [0.4, 0.5) is 0 Å². The third-order valence-electron chi connectivity index (χ3n) is 5.81. The molecular weight excluding hydrogens is 427 g/mol. The molecule has 1 aliphatic heterocycles. The van der Waals surface area contributed by atoms with E-state index in [0.717, 1.165) is 43.7 Å². The first kappa shape index (κ1) is 22.5. The molecule has 146 valence electrons. The van der Waals surface area contributed by atoms with Gasteiger partial charge in [0.05, 0.1) is 0 Å². The van der Waals surface area contributed by atoms with Gasteiger partial charge in [-0.3, -0.25) is 9.79 Å². The Kier molecular flexibility index (Phi) is 10.8. The molecule has 0 aromatic rings. The Morgan fingerprint density at radius 3 is 2.48 bits per heavy atom. The Bertz CT molecular complexity index is 420. The van der Waals surface area contributed by atoms with Gasteiger partial charge in [-0.05, 0) is 31.1 Å². The fourth-order valence-electron chi connectivity index (χ4n) is 4.31. The van der Waals surface area contributed by atoms with Gasteiger partial charge in [-0.2, -0.15) is 0 Å². The van der Waals surface area contributed by atoms with Gasteiger partial charge in [0.15, 0.2) is 5.96 Å². The van der Waals surface area contributed by atoms with Crippen LogP contribution in [0.1, 0.15) is 65.2 Å². The number of rotatable bonds is 7. The number of hydrogen-bond acceptors (Lipinski definition) is 2. The highest BCUT2D eigenvalue weighted by atomic mass is 127. The zero-order valence-corrected chi connectivity index (χ0v) is 18.6. The zero-order valence-electron chi connectivity index (χ0n) is 16.2. The average molecular weight is 464 g/mol. The summed E-state index contributed by atoms with van der Waals surface area (Å²) in [5, 5.41) is 6.52. The van der Waals surface area contributed by atoms with Gasteiger partial charge < -0.3 is 15.5 Å². The van der Waals surface area contributed by atoms with Crippen LogP contribution in [0.25, 0.3) is 0 Å². The Morgan fingerprint density at radius 2 is 1.88 bits per heavy atom. The van der Waals surface area contributed by atoms with E-state index >= 15 is 0 Å². The van der Waals surface area contributed by atoms with Gasteiger partial charge in [0.2, 0.25) is 5.91 Å². The minimum Gasteiger partial charge on any atom is -0.356 e. The van der Waals surface area contributed by atoms with Gasteiger partial charge in [0.25, 0.3) is 0 Å². The number of aliphatic imine (C=N–C) groups is 1. The first-order valence-corrected chi connectivity index (χ1v) is 9.92. The van der Waals surface area contributed by atoms with Crippen molar-refractivity contribution < 1.29 is 4.79 Å². The molecule has 2 aliphatic rings. The molecule has 25 heavy (non-hydrogen) atoms. The van der Waals surface area contributed by atoms with Crippen molar-refractivity contribution in [1.29, 1.82) is 0 Å². The maximum Gasteiger partial charge on any atom is 0.221 e. The number of halogens is 1. The van der Waals surface area contributed by atoms with Crippen LogP contribution in [0.15, 0.2) is 4.99 Å². The molecule has 0 radical (unpaired) electrons. The fraction of sp³-hybridized carbons (Fsp3) is 0.895. The predicted molar refractivity (Wildman–Crippen MR) is 116 cm³/mol. The van der Waals surface area contributed by atoms with Crippen molar-refractivity contribution in [2.75, 3.05) is 26.7 Å². The molecule has 0 aromatic carbocycles. The van der Waals surface area contributed by atoms with Crippen LogP contribution >= 0.6 is 24.0 Å². The Balaban J connectivity index is 0.00000312. The topological polar surface area (TPSA) is 56.7 Å². The number of carbonyl (C=O) groups excluding carboxylic acids is 1. The van der Waals surface area contributed by atoms with Crippen molar-refractivity contribution in [3.8, 4) is 0 Å². The number of carbonyl (C=O) groups is 1. The van der Waals surface area contributed by atoms with E-state index in [1.807, 2.05) is 7.05 Å². The Labute approximate surface area is 170 Å². The molecule has 1 unspecified atom stereocenters. The summed E-state index contributed by atoms with van der Waals surface area (Å²) in [5.74, 6) is 2.73. The molecule has 1 aliphatic carbocycles. The lowest BCUT2D eigenvalue weighted by atomic mass is 9.87. The van der Waals surface area contributed by atoms with E-state index in [4.69, 9.17) is 0 Å². The van der Waals surface area contributed by atoms with Crippen molar-refractivity contribution >= 4 is 35.8 Å². The quantitative estimate of drug-likeness (QED) is 0.345. The summed E-state index contributed by atoms with van der Waals surface area (Å²) < 4.78 is 0. The van der Waals surface area contributed by atoms with E-state index in [0.29, 0.717) is 19.0 Å². The van der Waals surface area contributed by atoms with Gasteiger partial charge in [0, 0.05) is 39.1 Å². The first-order chi connectivity index (χ1) is 11.7. The number of nitrogens with zero attached hydrogens (tertiary/aromatic N) is 2. The summed E-state index contributed by atoms with van der Waals surface area (Å²) in [6.07, 6.45) is 9.11. The summed E-state index contributed by atoms with van der Waals surface area (Å²) in [6.45, 7) is 7.44. The van der Waals surface area contributed by atoms with Gasteiger partial charge >= 0.3 is 0 Å². The lowest BCUT2D eigenvalue weighted by molar-refractivity contribution is -0.121. The maximum absolute atomic E-state index is 12.0. The molecule has 0 spiro atoms. The minimum atomic E-state index is 0. The van der Waals surface area contributed by atoms with Crippen LogP contribution < -0.4 is 10.6 Å². The highest BCUT2D eigenvalue weighted by molar-refractivity contribution is 14.0. The van der Waals surface area contributed by atoms with Crippen LogP contribution in [-0.4, -0.2) is 49.5 Å². The van der Waals surface area contributed by atoms with E-state index in [1.54, 1.807) is 0 Å². The number of likely N-dealkylation sites (tertiary alicyclic amines) is 1. The molecule has 5 nitrogen and oxygen atoms in total. The summed E-state index contributed by atoms with van der Waals surface area (Å²) in [4.78, 5) is 18.8.